The lowest BCUT2D eigenvalue weighted by atomic mass is 9.78. The molecule has 8 heteroatoms. The molecule has 1 aromatic heterocycles. The summed E-state index contributed by atoms with van der Waals surface area (Å²) in [6.07, 6.45) is 11.0. The molecular weight excluding hydrogens is 434 g/mol. The van der Waals surface area contributed by atoms with Crippen molar-refractivity contribution in [2.24, 2.45) is 5.92 Å². The van der Waals surface area contributed by atoms with Crippen LogP contribution in [-0.4, -0.2) is 64.1 Å². The maximum Gasteiger partial charge on any atom is 0.233 e. The number of methoxy groups -OCH3 is 1. The van der Waals surface area contributed by atoms with E-state index in [1.807, 2.05) is 24.3 Å². The number of piperidine rings is 2. The van der Waals surface area contributed by atoms with E-state index in [1.165, 1.54) is 43.9 Å². The molecule has 2 aromatic rings. The van der Waals surface area contributed by atoms with Gasteiger partial charge in [-0.15, -0.1) is 10.2 Å². The van der Waals surface area contributed by atoms with Gasteiger partial charge in [-0.1, -0.05) is 36.7 Å². The van der Waals surface area contributed by atoms with Crippen LogP contribution < -0.4 is 9.64 Å². The maximum atomic E-state index is 13.3. The number of thioether (sulfide) groups is 1. The van der Waals surface area contributed by atoms with Crippen LogP contribution in [0.25, 0.3) is 5.69 Å². The molecule has 0 radical (unpaired) electrons. The van der Waals surface area contributed by atoms with Gasteiger partial charge in [0.05, 0.1) is 18.6 Å². The average molecular weight is 470 g/mol. The minimum atomic E-state index is 0.241. The van der Waals surface area contributed by atoms with Gasteiger partial charge in [-0.3, -0.25) is 9.36 Å². The third-order valence-corrected chi connectivity index (χ3v) is 8.38. The smallest absolute Gasteiger partial charge is 0.233 e. The summed E-state index contributed by atoms with van der Waals surface area (Å²) in [5.41, 5.74) is 0.922. The van der Waals surface area contributed by atoms with Crippen molar-refractivity contribution in [1.29, 1.82) is 0 Å². The normalized spacial score (nSPS) is 23.3. The first kappa shape index (κ1) is 22.6. The summed E-state index contributed by atoms with van der Waals surface area (Å²) >= 11 is 1.50. The second kappa shape index (κ2) is 10.4. The second-order valence-corrected chi connectivity index (χ2v) is 10.4. The van der Waals surface area contributed by atoms with E-state index in [0.717, 1.165) is 67.9 Å². The molecule has 33 heavy (non-hydrogen) atoms. The van der Waals surface area contributed by atoms with Crippen molar-refractivity contribution in [1.82, 2.24) is 19.7 Å². The number of nitrogens with zero attached hydrogens (tertiary/aromatic N) is 5. The van der Waals surface area contributed by atoms with Gasteiger partial charge in [0.25, 0.3) is 0 Å². The van der Waals surface area contributed by atoms with Gasteiger partial charge in [-0.2, -0.15) is 0 Å². The van der Waals surface area contributed by atoms with E-state index in [-0.39, 0.29) is 5.91 Å². The Bertz CT molecular complexity index is 956. The van der Waals surface area contributed by atoms with E-state index in [1.54, 1.807) is 7.11 Å². The molecule has 1 amide bonds. The van der Waals surface area contributed by atoms with Gasteiger partial charge in [0, 0.05) is 25.7 Å². The van der Waals surface area contributed by atoms with Crippen molar-refractivity contribution in [3.8, 4) is 11.4 Å². The fourth-order valence-electron chi connectivity index (χ4n) is 5.82. The molecule has 2 aliphatic heterocycles. The van der Waals surface area contributed by atoms with Crippen molar-refractivity contribution in [2.45, 2.75) is 69.0 Å². The van der Waals surface area contributed by atoms with E-state index in [9.17, 15) is 4.79 Å². The Morgan fingerprint density at radius 2 is 1.79 bits per heavy atom. The standard InChI is InChI=1S/C25H35N5O2S/c1-32-22-14-6-5-13-21(22)30-24(28-15-7-2-8-16-28)26-27-25(30)33-18-23(31)29-17-9-11-19-10-3-4-12-20(19)29/h5-6,13-14,19-20H,2-4,7-12,15-18H2,1H3. The summed E-state index contributed by atoms with van der Waals surface area (Å²) in [6, 6.07) is 8.43. The van der Waals surface area contributed by atoms with Crippen molar-refractivity contribution in [3.05, 3.63) is 24.3 Å². The Morgan fingerprint density at radius 3 is 2.64 bits per heavy atom. The van der Waals surface area contributed by atoms with Crippen LogP contribution in [0.4, 0.5) is 5.95 Å². The highest BCUT2D eigenvalue weighted by Crippen LogP contribution is 2.37. The molecule has 7 nitrogen and oxygen atoms in total. The van der Waals surface area contributed by atoms with Gasteiger partial charge in [0.1, 0.15) is 5.75 Å². The number of amides is 1. The lowest BCUT2D eigenvalue weighted by Gasteiger charge is -2.44. The van der Waals surface area contributed by atoms with Crippen molar-refractivity contribution >= 4 is 23.6 Å². The first-order valence-electron chi connectivity index (χ1n) is 12.5. The Labute approximate surface area is 200 Å². The number of carbonyl (C=O) groups is 1. The predicted molar refractivity (Wildman–Crippen MR) is 131 cm³/mol. The number of likely N-dealkylation sites (tertiary alicyclic amines) is 1. The largest absolute Gasteiger partial charge is 0.495 e. The highest BCUT2D eigenvalue weighted by atomic mass is 32.2. The highest BCUT2D eigenvalue weighted by molar-refractivity contribution is 7.99. The number of hydrogen-bond donors (Lipinski definition) is 0. The molecule has 3 fully saturated rings. The zero-order chi connectivity index (χ0) is 22.6. The zero-order valence-electron chi connectivity index (χ0n) is 19.6. The minimum Gasteiger partial charge on any atom is -0.495 e. The summed E-state index contributed by atoms with van der Waals surface area (Å²) < 4.78 is 7.75. The first-order chi connectivity index (χ1) is 16.3. The van der Waals surface area contributed by atoms with Gasteiger partial charge in [-0.25, -0.2) is 0 Å². The number of aromatic nitrogens is 3. The Kier molecular flexibility index (Phi) is 7.09. The van der Waals surface area contributed by atoms with E-state index >= 15 is 0 Å². The molecule has 178 valence electrons. The molecule has 2 atom stereocenters. The van der Waals surface area contributed by atoms with E-state index in [0.29, 0.717) is 17.7 Å². The number of para-hydroxylation sites is 2. The molecule has 2 unspecified atom stereocenters. The minimum absolute atomic E-state index is 0.241. The van der Waals surface area contributed by atoms with Crippen LogP contribution in [-0.2, 0) is 4.79 Å². The topological polar surface area (TPSA) is 63.5 Å². The fourth-order valence-corrected chi connectivity index (χ4v) is 6.65. The van der Waals surface area contributed by atoms with Gasteiger partial charge >= 0.3 is 0 Å². The molecule has 1 saturated carbocycles. The molecular formula is C25H35N5O2S. The average Bonchev–Trinajstić information content (AvgIpc) is 3.31. The summed E-state index contributed by atoms with van der Waals surface area (Å²) in [5.74, 6) is 2.97. The molecule has 5 rings (SSSR count). The number of benzene rings is 1. The molecule has 0 spiro atoms. The number of hydrogen-bond acceptors (Lipinski definition) is 6. The number of anilines is 1. The molecule has 0 N–H and O–H groups in total. The van der Waals surface area contributed by atoms with E-state index < -0.39 is 0 Å². The SMILES string of the molecule is COc1ccccc1-n1c(SCC(=O)N2CCCC3CCCCC32)nnc1N1CCCCC1. The molecule has 2 saturated heterocycles. The van der Waals surface area contributed by atoms with Crippen LogP contribution >= 0.6 is 11.8 Å². The number of fused-ring (bicyclic) bond motifs is 1. The first-order valence-corrected chi connectivity index (χ1v) is 13.5. The second-order valence-electron chi connectivity index (χ2n) is 9.47. The lowest BCUT2D eigenvalue weighted by Crippen LogP contribution is -2.50. The Morgan fingerprint density at radius 1 is 1.00 bits per heavy atom. The highest BCUT2D eigenvalue weighted by Gasteiger charge is 2.35. The van der Waals surface area contributed by atoms with Gasteiger partial charge in [0.15, 0.2) is 5.16 Å². The molecule has 3 aliphatic rings. The zero-order valence-corrected chi connectivity index (χ0v) is 20.4. The van der Waals surface area contributed by atoms with Gasteiger partial charge in [-0.05, 0) is 63.0 Å². The van der Waals surface area contributed by atoms with Crippen molar-refractivity contribution in [3.63, 3.8) is 0 Å². The van der Waals surface area contributed by atoms with Crippen LogP contribution in [0.15, 0.2) is 29.4 Å². The molecule has 1 aliphatic carbocycles. The summed E-state index contributed by atoms with van der Waals surface area (Å²) in [4.78, 5) is 17.8. The molecule has 1 aromatic carbocycles. The predicted octanol–water partition coefficient (Wildman–Crippen LogP) is 4.54. The monoisotopic (exact) mass is 469 g/mol. The Balaban J connectivity index is 1.38. The third-order valence-electron chi connectivity index (χ3n) is 7.47. The van der Waals surface area contributed by atoms with Crippen LogP contribution in [0.3, 0.4) is 0 Å². The Hall–Kier alpha value is -2.22. The van der Waals surface area contributed by atoms with E-state index in [2.05, 4.69) is 24.6 Å². The van der Waals surface area contributed by atoms with Gasteiger partial charge < -0.3 is 14.5 Å². The maximum absolute atomic E-state index is 13.3. The number of carbonyl (C=O) groups excluding carboxylic acids is 1. The summed E-state index contributed by atoms with van der Waals surface area (Å²) in [5, 5.41) is 9.89. The van der Waals surface area contributed by atoms with Crippen molar-refractivity contribution < 1.29 is 9.53 Å². The third kappa shape index (κ3) is 4.72. The quantitative estimate of drug-likeness (QED) is 0.579. The molecule has 3 heterocycles. The van der Waals surface area contributed by atoms with Crippen LogP contribution in [0.1, 0.15) is 57.8 Å². The van der Waals surface area contributed by atoms with E-state index in [4.69, 9.17) is 4.74 Å². The van der Waals surface area contributed by atoms with Crippen LogP contribution in [0.5, 0.6) is 5.75 Å². The fraction of sp³-hybridized carbons (Fsp3) is 0.640. The molecule has 0 bridgehead atoms. The summed E-state index contributed by atoms with van der Waals surface area (Å²) in [6.45, 7) is 2.86. The number of ether oxygens (including phenoxy) is 1. The summed E-state index contributed by atoms with van der Waals surface area (Å²) in [7, 11) is 1.69. The van der Waals surface area contributed by atoms with Gasteiger partial charge in [0.2, 0.25) is 11.9 Å². The van der Waals surface area contributed by atoms with Crippen molar-refractivity contribution in [2.75, 3.05) is 37.4 Å². The van der Waals surface area contributed by atoms with Crippen LogP contribution in [0, 0.1) is 5.92 Å². The van der Waals surface area contributed by atoms with Crippen LogP contribution in [0.2, 0.25) is 0 Å². The number of rotatable bonds is 6. The lowest BCUT2D eigenvalue weighted by molar-refractivity contribution is -0.134.